The standard InChI is InChI=1S/C33H24N2O3/c34-29-9-1-7-27-25(29)5-3-11-31(27)37-23-17-13-21(14-18-23)33(36)22-15-19-24(20-16-22)38-32-12-4-6-26-28(32)8-2-10-30(26)35/h1-20H,34-35H2. The van der Waals surface area contributed by atoms with Crippen LogP contribution in [0.15, 0.2) is 121 Å². The van der Waals surface area contributed by atoms with Crippen LogP contribution in [-0.2, 0) is 0 Å². The van der Waals surface area contributed by atoms with Crippen LogP contribution in [-0.4, -0.2) is 5.78 Å². The van der Waals surface area contributed by atoms with Gasteiger partial charge >= 0.3 is 0 Å². The molecular formula is C33H24N2O3. The van der Waals surface area contributed by atoms with Gasteiger partial charge in [0.15, 0.2) is 5.78 Å². The van der Waals surface area contributed by atoms with Gasteiger partial charge in [0.2, 0.25) is 0 Å². The molecule has 0 aliphatic carbocycles. The SMILES string of the molecule is Nc1cccc2c(Oc3ccc(C(=O)c4ccc(Oc5cccc6c(N)cccc56)cc4)cc3)cccc12. The van der Waals surface area contributed by atoms with Gasteiger partial charge in [0.25, 0.3) is 0 Å². The zero-order chi connectivity index (χ0) is 26.1. The number of carbonyl (C=O) groups is 1. The highest BCUT2D eigenvalue weighted by Gasteiger charge is 2.12. The molecule has 0 aromatic heterocycles. The highest BCUT2D eigenvalue weighted by Crippen LogP contribution is 2.34. The summed E-state index contributed by atoms with van der Waals surface area (Å²) in [6.45, 7) is 0. The van der Waals surface area contributed by atoms with Crippen molar-refractivity contribution in [3.63, 3.8) is 0 Å². The van der Waals surface area contributed by atoms with Gasteiger partial charge in [-0.3, -0.25) is 4.79 Å². The smallest absolute Gasteiger partial charge is 0.193 e. The second-order valence-electron chi connectivity index (χ2n) is 8.98. The Bertz CT molecular complexity index is 1660. The van der Waals surface area contributed by atoms with Gasteiger partial charge in [0.1, 0.15) is 23.0 Å². The van der Waals surface area contributed by atoms with Gasteiger partial charge in [0.05, 0.1) is 0 Å². The minimum absolute atomic E-state index is 0.0843. The quantitative estimate of drug-likeness (QED) is 0.180. The Labute approximate surface area is 219 Å². The number of ketones is 1. The largest absolute Gasteiger partial charge is 0.457 e. The molecule has 0 amide bonds. The summed E-state index contributed by atoms with van der Waals surface area (Å²) in [4.78, 5) is 13.1. The van der Waals surface area contributed by atoms with E-state index in [9.17, 15) is 4.79 Å². The first-order valence-electron chi connectivity index (χ1n) is 12.2. The van der Waals surface area contributed by atoms with Gasteiger partial charge in [0, 0.05) is 44.0 Å². The lowest BCUT2D eigenvalue weighted by atomic mass is 10.0. The number of hydrogen-bond acceptors (Lipinski definition) is 5. The van der Waals surface area contributed by atoms with E-state index in [1.165, 1.54) is 0 Å². The summed E-state index contributed by atoms with van der Waals surface area (Å²) in [6, 6.07) is 37.3. The average molecular weight is 497 g/mol. The van der Waals surface area contributed by atoms with E-state index in [1.54, 1.807) is 48.5 Å². The first kappa shape index (κ1) is 23.1. The van der Waals surface area contributed by atoms with E-state index in [4.69, 9.17) is 20.9 Å². The molecule has 0 heterocycles. The number of fused-ring (bicyclic) bond motifs is 2. The Balaban J connectivity index is 1.18. The molecule has 0 atom stereocenters. The van der Waals surface area contributed by atoms with Crippen molar-refractivity contribution in [3.8, 4) is 23.0 Å². The second kappa shape index (κ2) is 9.64. The molecule has 5 heteroatoms. The Hall–Kier alpha value is -5.29. The molecule has 0 spiro atoms. The summed E-state index contributed by atoms with van der Waals surface area (Å²) in [6.07, 6.45) is 0. The van der Waals surface area contributed by atoms with E-state index >= 15 is 0 Å². The van der Waals surface area contributed by atoms with E-state index in [-0.39, 0.29) is 5.78 Å². The number of nitrogen functional groups attached to an aromatic ring is 2. The normalized spacial score (nSPS) is 10.9. The molecule has 6 rings (SSSR count). The Morgan fingerprint density at radius 1 is 0.447 bits per heavy atom. The molecule has 0 bridgehead atoms. The number of anilines is 2. The number of carbonyl (C=O) groups excluding carboxylic acids is 1. The molecule has 0 unspecified atom stereocenters. The minimum atomic E-state index is -0.0843. The second-order valence-corrected chi connectivity index (χ2v) is 8.98. The lowest BCUT2D eigenvalue weighted by Gasteiger charge is -2.11. The van der Waals surface area contributed by atoms with E-state index < -0.39 is 0 Å². The molecule has 184 valence electrons. The van der Waals surface area contributed by atoms with Gasteiger partial charge in [-0.15, -0.1) is 0 Å². The third-order valence-electron chi connectivity index (χ3n) is 6.52. The topological polar surface area (TPSA) is 87.6 Å². The Morgan fingerprint density at radius 3 is 1.24 bits per heavy atom. The summed E-state index contributed by atoms with van der Waals surface area (Å²) in [5.41, 5.74) is 14.7. The molecule has 0 saturated heterocycles. The van der Waals surface area contributed by atoms with Crippen LogP contribution in [0, 0.1) is 0 Å². The lowest BCUT2D eigenvalue weighted by molar-refractivity contribution is 0.103. The maximum Gasteiger partial charge on any atom is 0.193 e. The van der Waals surface area contributed by atoms with E-state index in [0.29, 0.717) is 45.5 Å². The van der Waals surface area contributed by atoms with Crippen molar-refractivity contribution in [2.24, 2.45) is 0 Å². The third kappa shape index (κ3) is 4.38. The third-order valence-corrected chi connectivity index (χ3v) is 6.52. The maximum atomic E-state index is 13.1. The van der Waals surface area contributed by atoms with Crippen LogP contribution in [0.4, 0.5) is 11.4 Å². The van der Waals surface area contributed by atoms with Crippen LogP contribution in [0.1, 0.15) is 15.9 Å². The van der Waals surface area contributed by atoms with Gasteiger partial charge < -0.3 is 20.9 Å². The molecule has 38 heavy (non-hydrogen) atoms. The molecule has 0 radical (unpaired) electrons. The molecule has 4 N–H and O–H groups in total. The van der Waals surface area contributed by atoms with Crippen LogP contribution in [0.3, 0.4) is 0 Å². The zero-order valence-corrected chi connectivity index (χ0v) is 20.4. The van der Waals surface area contributed by atoms with Crippen LogP contribution in [0.25, 0.3) is 21.5 Å². The molecule has 0 aliphatic heterocycles. The van der Waals surface area contributed by atoms with Crippen molar-refractivity contribution < 1.29 is 14.3 Å². The van der Waals surface area contributed by atoms with Crippen LogP contribution in [0.2, 0.25) is 0 Å². The van der Waals surface area contributed by atoms with Crippen molar-refractivity contribution in [1.29, 1.82) is 0 Å². The summed E-state index contributed by atoms with van der Waals surface area (Å²) < 4.78 is 12.2. The Morgan fingerprint density at radius 2 is 0.816 bits per heavy atom. The maximum absolute atomic E-state index is 13.1. The highest BCUT2D eigenvalue weighted by molar-refractivity contribution is 6.09. The van der Waals surface area contributed by atoms with Crippen molar-refractivity contribution in [3.05, 3.63) is 132 Å². The van der Waals surface area contributed by atoms with E-state index in [0.717, 1.165) is 21.5 Å². The van der Waals surface area contributed by atoms with Crippen molar-refractivity contribution in [2.45, 2.75) is 0 Å². The summed E-state index contributed by atoms with van der Waals surface area (Å²) in [7, 11) is 0. The number of ether oxygens (including phenoxy) is 2. The number of hydrogen-bond donors (Lipinski definition) is 2. The molecule has 0 fully saturated rings. The summed E-state index contributed by atoms with van der Waals surface area (Å²) >= 11 is 0. The average Bonchev–Trinajstić information content (AvgIpc) is 2.95. The molecule has 0 aliphatic rings. The highest BCUT2D eigenvalue weighted by atomic mass is 16.5. The lowest BCUT2D eigenvalue weighted by Crippen LogP contribution is -2.01. The van der Waals surface area contributed by atoms with E-state index in [1.807, 2.05) is 72.8 Å². The fourth-order valence-corrected chi connectivity index (χ4v) is 4.56. The molecule has 0 saturated carbocycles. The van der Waals surface area contributed by atoms with E-state index in [2.05, 4.69) is 0 Å². The van der Waals surface area contributed by atoms with Gasteiger partial charge in [-0.1, -0.05) is 48.5 Å². The predicted molar refractivity (Wildman–Crippen MR) is 153 cm³/mol. The summed E-state index contributed by atoms with van der Waals surface area (Å²) in [5, 5.41) is 3.74. The Kier molecular flexibility index (Phi) is 5.86. The van der Waals surface area contributed by atoms with Gasteiger partial charge in [-0.2, -0.15) is 0 Å². The first-order valence-corrected chi connectivity index (χ1v) is 12.2. The molecule has 5 nitrogen and oxygen atoms in total. The summed E-state index contributed by atoms with van der Waals surface area (Å²) in [5.74, 6) is 2.60. The molecular weight excluding hydrogens is 472 g/mol. The van der Waals surface area contributed by atoms with Crippen LogP contribution >= 0.6 is 0 Å². The molecule has 6 aromatic rings. The van der Waals surface area contributed by atoms with Crippen molar-refractivity contribution >= 4 is 38.7 Å². The van der Waals surface area contributed by atoms with Crippen LogP contribution < -0.4 is 20.9 Å². The fourth-order valence-electron chi connectivity index (χ4n) is 4.56. The fraction of sp³-hybridized carbons (Fsp3) is 0. The van der Waals surface area contributed by atoms with Crippen LogP contribution in [0.5, 0.6) is 23.0 Å². The van der Waals surface area contributed by atoms with Crippen molar-refractivity contribution in [2.75, 3.05) is 11.5 Å². The first-order chi connectivity index (χ1) is 18.6. The predicted octanol–water partition coefficient (Wildman–Crippen LogP) is 7.97. The van der Waals surface area contributed by atoms with Gasteiger partial charge in [-0.05, 0) is 72.8 Å². The molecule has 6 aromatic carbocycles. The number of nitrogens with two attached hydrogens (primary N) is 2. The van der Waals surface area contributed by atoms with Gasteiger partial charge in [-0.25, -0.2) is 0 Å². The number of rotatable bonds is 6. The number of benzene rings is 6. The van der Waals surface area contributed by atoms with Crippen molar-refractivity contribution in [1.82, 2.24) is 0 Å². The monoisotopic (exact) mass is 496 g/mol. The zero-order valence-electron chi connectivity index (χ0n) is 20.4. The minimum Gasteiger partial charge on any atom is -0.457 e.